The first kappa shape index (κ1) is 13.7. The molecule has 0 radical (unpaired) electrons. The minimum absolute atomic E-state index is 0.182. The standard InChI is InChI=1S/C14H11FN2O3/c15-10-3-1-2-9(6-10)14(20)17-12-5-4-11(16-8-12)7-13(18)19/h1-6,8H,7H2,(H,17,20)(H,18,19). The quantitative estimate of drug-likeness (QED) is 0.894. The molecule has 102 valence electrons. The van der Waals surface area contributed by atoms with Gasteiger partial charge in [0.05, 0.1) is 24.0 Å². The number of carboxylic acids is 1. The minimum atomic E-state index is -0.978. The Morgan fingerprint density at radius 2 is 2.05 bits per heavy atom. The van der Waals surface area contributed by atoms with E-state index in [4.69, 9.17) is 5.11 Å². The summed E-state index contributed by atoms with van der Waals surface area (Å²) in [5.74, 6) is -1.93. The number of nitrogens with one attached hydrogen (secondary N) is 1. The number of aliphatic carboxylic acids is 1. The molecule has 0 aliphatic carbocycles. The summed E-state index contributed by atoms with van der Waals surface area (Å²) >= 11 is 0. The predicted octanol–water partition coefficient (Wildman–Crippen LogP) is 2.10. The fourth-order valence-electron chi connectivity index (χ4n) is 1.59. The Morgan fingerprint density at radius 3 is 2.65 bits per heavy atom. The number of hydrogen-bond donors (Lipinski definition) is 2. The molecule has 20 heavy (non-hydrogen) atoms. The maximum atomic E-state index is 13.0. The third kappa shape index (κ3) is 3.61. The minimum Gasteiger partial charge on any atom is -0.481 e. The molecule has 5 nitrogen and oxygen atoms in total. The molecule has 2 rings (SSSR count). The summed E-state index contributed by atoms with van der Waals surface area (Å²) in [5, 5.41) is 11.2. The summed E-state index contributed by atoms with van der Waals surface area (Å²) in [6.45, 7) is 0. The topological polar surface area (TPSA) is 79.3 Å². The number of halogens is 1. The van der Waals surface area contributed by atoms with E-state index in [1.165, 1.54) is 30.5 Å². The van der Waals surface area contributed by atoms with Crippen LogP contribution in [0.4, 0.5) is 10.1 Å². The van der Waals surface area contributed by atoms with Gasteiger partial charge >= 0.3 is 5.97 Å². The van der Waals surface area contributed by atoms with Gasteiger partial charge in [-0.05, 0) is 30.3 Å². The van der Waals surface area contributed by atoms with Crippen LogP contribution in [0.15, 0.2) is 42.6 Å². The average molecular weight is 274 g/mol. The van der Waals surface area contributed by atoms with Crippen LogP contribution < -0.4 is 5.32 Å². The predicted molar refractivity (Wildman–Crippen MR) is 69.9 cm³/mol. The lowest BCUT2D eigenvalue weighted by Crippen LogP contribution is -2.12. The van der Waals surface area contributed by atoms with Gasteiger partial charge in [0, 0.05) is 5.56 Å². The van der Waals surface area contributed by atoms with Gasteiger partial charge in [-0.25, -0.2) is 4.39 Å². The Balaban J connectivity index is 2.06. The molecule has 0 saturated carbocycles. The van der Waals surface area contributed by atoms with Gasteiger partial charge in [-0.3, -0.25) is 14.6 Å². The van der Waals surface area contributed by atoms with E-state index in [0.29, 0.717) is 11.4 Å². The van der Waals surface area contributed by atoms with Crippen LogP contribution in [0.25, 0.3) is 0 Å². The van der Waals surface area contributed by atoms with Crippen LogP contribution in [0.3, 0.4) is 0 Å². The molecule has 0 atom stereocenters. The van der Waals surface area contributed by atoms with Crippen LogP contribution in [-0.4, -0.2) is 22.0 Å². The van der Waals surface area contributed by atoms with E-state index in [1.54, 1.807) is 6.07 Å². The van der Waals surface area contributed by atoms with E-state index < -0.39 is 17.7 Å². The summed E-state index contributed by atoms with van der Waals surface area (Å²) in [7, 11) is 0. The van der Waals surface area contributed by atoms with E-state index in [-0.39, 0.29) is 12.0 Å². The van der Waals surface area contributed by atoms with E-state index in [0.717, 1.165) is 6.07 Å². The highest BCUT2D eigenvalue weighted by Crippen LogP contribution is 2.10. The number of nitrogens with zero attached hydrogens (tertiary/aromatic N) is 1. The maximum Gasteiger partial charge on any atom is 0.309 e. The molecule has 1 aromatic heterocycles. The SMILES string of the molecule is O=C(O)Cc1ccc(NC(=O)c2cccc(F)c2)cn1. The summed E-state index contributed by atoms with van der Waals surface area (Å²) in [4.78, 5) is 26.2. The molecule has 0 spiro atoms. The second kappa shape index (κ2) is 5.92. The van der Waals surface area contributed by atoms with Gasteiger partial charge in [0.1, 0.15) is 5.82 Å². The van der Waals surface area contributed by atoms with Gasteiger partial charge in [0.2, 0.25) is 0 Å². The largest absolute Gasteiger partial charge is 0.481 e. The van der Waals surface area contributed by atoms with Crippen molar-refractivity contribution in [3.63, 3.8) is 0 Å². The number of hydrogen-bond acceptors (Lipinski definition) is 3. The second-order valence-corrected chi connectivity index (χ2v) is 4.07. The molecule has 0 bridgehead atoms. The van der Waals surface area contributed by atoms with E-state index >= 15 is 0 Å². The first-order valence-corrected chi connectivity index (χ1v) is 5.78. The van der Waals surface area contributed by atoms with Crippen molar-refractivity contribution in [2.75, 3.05) is 5.32 Å². The Kier molecular flexibility index (Phi) is 4.05. The molecular weight excluding hydrogens is 263 g/mol. The van der Waals surface area contributed by atoms with Crippen molar-refractivity contribution in [1.82, 2.24) is 4.98 Å². The number of rotatable bonds is 4. The Labute approximate surface area is 114 Å². The van der Waals surface area contributed by atoms with Crippen LogP contribution >= 0.6 is 0 Å². The van der Waals surface area contributed by atoms with Crippen LogP contribution in [0.1, 0.15) is 16.1 Å². The highest BCUT2D eigenvalue weighted by molar-refractivity contribution is 6.04. The zero-order chi connectivity index (χ0) is 14.5. The summed E-state index contributed by atoms with van der Waals surface area (Å²) in [6, 6.07) is 8.36. The third-order valence-corrected chi connectivity index (χ3v) is 2.50. The number of carbonyl (C=O) groups is 2. The molecular formula is C14H11FN2O3. The maximum absolute atomic E-state index is 13.0. The smallest absolute Gasteiger partial charge is 0.309 e. The normalized spacial score (nSPS) is 10.1. The molecule has 6 heteroatoms. The summed E-state index contributed by atoms with van der Waals surface area (Å²) in [6.07, 6.45) is 1.17. The molecule has 1 amide bonds. The van der Waals surface area contributed by atoms with Gasteiger partial charge in [0.25, 0.3) is 5.91 Å². The molecule has 1 heterocycles. The molecule has 2 N–H and O–H groups in total. The Morgan fingerprint density at radius 1 is 1.25 bits per heavy atom. The van der Waals surface area contributed by atoms with Crippen LogP contribution in [0.2, 0.25) is 0 Å². The fourth-order valence-corrected chi connectivity index (χ4v) is 1.59. The summed E-state index contributed by atoms with van der Waals surface area (Å²) < 4.78 is 13.0. The molecule has 2 aromatic rings. The van der Waals surface area contributed by atoms with E-state index in [9.17, 15) is 14.0 Å². The van der Waals surface area contributed by atoms with Gasteiger partial charge in [-0.2, -0.15) is 0 Å². The van der Waals surface area contributed by atoms with Gasteiger partial charge in [-0.1, -0.05) is 6.07 Å². The number of pyridine rings is 1. The van der Waals surface area contributed by atoms with Gasteiger partial charge in [0.15, 0.2) is 0 Å². The lowest BCUT2D eigenvalue weighted by Gasteiger charge is -2.05. The highest BCUT2D eigenvalue weighted by Gasteiger charge is 2.08. The Hall–Kier alpha value is -2.76. The number of amides is 1. The number of carbonyl (C=O) groups excluding carboxylic acids is 1. The third-order valence-electron chi connectivity index (χ3n) is 2.50. The number of aromatic nitrogens is 1. The van der Waals surface area contributed by atoms with Crippen LogP contribution in [0, 0.1) is 5.82 Å². The van der Waals surface area contributed by atoms with Crippen molar-refractivity contribution in [2.24, 2.45) is 0 Å². The monoisotopic (exact) mass is 274 g/mol. The van der Waals surface area contributed by atoms with Crippen LogP contribution in [0.5, 0.6) is 0 Å². The first-order chi connectivity index (χ1) is 9.54. The number of carboxylic acid groups (broad SMARTS) is 1. The van der Waals surface area contributed by atoms with Crippen LogP contribution in [-0.2, 0) is 11.2 Å². The zero-order valence-electron chi connectivity index (χ0n) is 10.3. The van der Waals surface area contributed by atoms with Gasteiger partial charge in [-0.15, -0.1) is 0 Å². The fraction of sp³-hybridized carbons (Fsp3) is 0.0714. The van der Waals surface area contributed by atoms with E-state index in [1.807, 2.05) is 0 Å². The highest BCUT2D eigenvalue weighted by atomic mass is 19.1. The number of benzene rings is 1. The molecule has 0 aliphatic rings. The second-order valence-electron chi connectivity index (χ2n) is 4.07. The molecule has 0 saturated heterocycles. The van der Waals surface area contributed by atoms with Crippen molar-refractivity contribution in [2.45, 2.75) is 6.42 Å². The van der Waals surface area contributed by atoms with Gasteiger partial charge < -0.3 is 10.4 Å². The molecule has 0 unspecified atom stereocenters. The van der Waals surface area contributed by atoms with Crippen molar-refractivity contribution in [3.05, 3.63) is 59.7 Å². The van der Waals surface area contributed by atoms with E-state index in [2.05, 4.69) is 10.3 Å². The molecule has 1 aromatic carbocycles. The van der Waals surface area contributed by atoms with Crippen molar-refractivity contribution >= 4 is 17.6 Å². The first-order valence-electron chi connectivity index (χ1n) is 5.78. The molecule has 0 aliphatic heterocycles. The lowest BCUT2D eigenvalue weighted by molar-refractivity contribution is -0.136. The Bertz CT molecular complexity index is 641. The zero-order valence-corrected chi connectivity index (χ0v) is 10.3. The lowest BCUT2D eigenvalue weighted by atomic mass is 10.2. The molecule has 0 fully saturated rings. The average Bonchev–Trinajstić information content (AvgIpc) is 2.40. The van der Waals surface area contributed by atoms with Crippen molar-refractivity contribution < 1.29 is 19.1 Å². The summed E-state index contributed by atoms with van der Waals surface area (Å²) in [5.41, 5.74) is 0.995. The van der Waals surface area contributed by atoms with Crippen molar-refractivity contribution in [3.8, 4) is 0 Å². The van der Waals surface area contributed by atoms with Crippen molar-refractivity contribution in [1.29, 1.82) is 0 Å². The number of anilines is 1.